The van der Waals surface area contributed by atoms with Crippen molar-refractivity contribution in [1.82, 2.24) is 4.90 Å². The van der Waals surface area contributed by atoms with E-state index in [1.807, 2.05) is 17.9 Å². The highest BCUT2D eigenvalue weighted by molar-refractivity contribution is 5.80. The number of primary amides is 1. The summed E-state index contributed by atoms with van der Waals surface area (Å²) in [5.41, 5.74) is 6.07. The largest absolute Gasteiger partial charge is 0.375 e. The van der Waals surface area contributed by atoms with E-state index in [1.165, 1.54) is 6.07 Å². The number of rotatable bonds is 4. The zero-order valence-corrected chi connectivity index (χ0v) is 11.0. The molecule has 1 fully saturated rings. The molecule has 2 atom stereocenters. The van der Waals surface area contributed by atoms with Gasteiger partial charge in [0.2, 0.25) is 5.91 Å². The van der Waals surface area contributed by atoms with Crippen LogP contribution in [0.5, 0.6) is 0 Å². The average Bonchev–Trinajstić information content (AvgIpc) is 2.37. The number of ether oxygens (including phenoxy) is 1. The first-order chi connectivity index (χ1) is 9.09. The number of carbonyl (C=O) groups is 1. The van der Waals surface area contributed by atoms with Gasteiger partial charge in [-0.25, -0.2) is 4.39 Å². The van der Waals surface area contributed by atoms with Crippen molar-refractivity contribution in [2.75, 3.05) is 19.7 Å². The molecule has 0 bridgehead atoms. The first-order valence-corrected chi connectivity index (χ1v) is 6.48. The summed E-state index contributed by atoms with van der Waals surface area (Å²) in [7, 11) is 0. The van der Waals surface area contributed by atoms with Gasteiger partial charge >= 0.3 is 0 Å². The highest BCUT2D eigenvalue weighted by Gasteiger charge is 2.33. The third-order valence-corrected chi connectivity index (χ3v) is 3.51. The molecule has 1 saturated heterocycles. The van der Waals surface area contributed by atoms with Crippen LogP contribution in [0.2, 0.25) is 0 Å². The molecule has 4 nitrogen and oxygen atoms in total. The number of benzene rings is 1. The van der Waals surface area contributed by atoms with Crippen LogP contribution in [0.4, 0.5) is 4.39 Å². The van der Waals surface area contributed by atoms with Crippen molar-refractivity contribution in [3.05, 3.63) is 35.6 Å². The minimum atomic E-state index is -0.430. The van der Waals surface area contributed by atoms with E-state index in [0.29, 0.717) is 31.7 Å². The fourth-order valence-electron chi connectivity index (χ4n) is 2.51. The fourth-order valence-corrected chi connectivity index (χ4v) is 2.51. The summed E-state index contributed by atoms with van der Waals surface area (Å²) in [5, 5.41) is 0. The Balaban J connectivity index is 2.01. The maximum absolute atomic E-state index is 13.5. The second kappa shape index (κ2) is 6.12. The fraction of sp³-hybridized carbons (Fsp3) is 0.500. The highest BCUT2D eigenvalue weighted by Crippen LogP contribution is 2.15. The van der Waals surface area contributed by atoms with E-state index in [4.69, 9.17) is 10.5 Å². The molecular formula is C14H19FN2O2. The number of nitrogens with two attached hydrogens (primary N) is 1. The monoisotopic (exact) mass is 266 g/mol. The number of halogens is 1. The van der Waals surface area contributed by atoms with Gasteiger partial charge in [-0.2, -0.15) is 0 Å². The van der Waals surface area contributed by atoms with Gasteiger partial charge in [-0.3, -0.25) is 9.69 Å². The van der Waals surface area contributed by atoms with E-state index in [9.17, 15) is 9.18 Å². The first kappa shape index (κ1) is 14.0. The third-order valence-electron chi connectivity index (χ3n) is 3.51. The zero-order chi connectivity index (χ0) is 13.8. The Morgan fingerprint density at radius 3 is 2.95 bits per heavy atom. The van der Waals surface area contributed by atoms with Crippen LogP contribution in [-0.4, -0.2) is 42.6 Å². The van der Waals surface area contributed by atoms with Gasteiger partial charge in [0, 0.05) is 13.1 Å². The van der Waals surface area contributed by atoms with E-state index in [2.05, 4.69) is 0 Å². The van der Waals surface area contributed by atoms with Crippen molar-refractivity contribution in [1.29, 1.82) is 0 Å². The molecule has 2 rings (SSSR count). The van der Waals surface area contributed by atoms with E-state index < -0.39 is 6.04 Å². The molecule has 1 aromatic carbocycles. The van der Waals surface area contributed by atoms with Crippen LogP contribution in [0, 0.1) is 5.82 Å². The molecule has 5 heteroatoms. The second-order valence-electron chi connectivity index (χ2n) is 4.80. The summed E-state index contributed by atoms with van der Waals surface area (Å²) in [6.07, 6.45) is 0.343. The summed E-state index contributed by atoms with van der Waals surface area (Å²) >= 11 is 0. The quantitative estimate of drug-likeness (QED) is 0.882. The normalized spacial score (nSPS) is 24.3. The van der Waals surface area contributed by atoms with Gasteiger partial charge in [0.25, 0.3) is 0 Å². The van der Waals surface area contributed by atoms with Crippen molar-refractivity contribution in [2.24, 2.45) is 5.73 Å². The maximum Gasteiger partial charge on any atom is 0.237 e. The number of hydrogen-bond acceptors (Lipinski definition) is 3. The van der Waals surface area contributed by atoms with Gasteiger partial charge in [-0.05, 0) is 25.0 Å². The zero-order valence-electron chi connectivity index (χ0n) is 11.0. The Kier molecular flexibility index (Phi) is 4.50. The molecule has 1 aromatic rings. The minimum absolute atomic E-state index is 0.209. The van der Waals surface area contributed by atoms with Crippen molar-refractivity contribution in [2.45, 2.75) is 25.5 Å². The Morgan fingerprint density at radius 2 is 2.26 bits per heavy atom. The van der Waals surface area contributed by atoms with Crippen LogP contribution >= 0.6 is 0 Å². The third kappa shape index (κ3) is 3.30. The lowest BCUT2D eigenvalue weighted by atomic mass is 10.1. The molecule has 1 amide bonds. The van der Waals surface area contributed by atoms with Gasteiger partial charge in [0.1, 0.15) is 11.9 Å². The van der Waals surface area contributed by atoms with Crippen LogP contribution in [0.3, 0.4) is 0 Å². The molecule has 1 aliphatic heterocycles. The van der Waals surface area contributed by atoms with E-state index in [-0.39, 0.29) is 17.8 Å². The molecular weight excluding hydrogens is 247 g/mol. The minimum Gasteiger partial charge on any atom is -0.375 e. The number of carbonyl (C=O) groups excluding carboxylic acids is 1. The first-order valence-electron chi connectivity index (χ1n) is 6.48. The summed E-state index contributed by atoms with van der Waals surface area (Å²) in [6.45, 7) is 3.65. The Labute approximate surface area is 112 Å². The molecule has 0 radical (unpaired) electrons. The van der Waals surface area contributed by atoms with Gasteiger partial charge in [0.05, 0.1) is 12.7 Å². The van der Waals surface area contributed by atoms with Gasteiger partial charge < -0.3 is 10.5 Å². The van der Waals surface area contributed by atoms with Gasteiger partial charge in [-0.1, -0.05) is 18.2 Å². The van der Waals surface area contributed by atoms with Crippen molar-refractivity contribution in [3.63, 3.8) is 0 Å². The van der Waals surface area contributed by atoms with E-state index >= 15 is 0 Å². The Hall–Kier alpha value is -1.46. The second-order valence-corrected chi connectivity index (χ2v) is 4.80. The topological polar surface area (TPSA) is 55.6 Å². The summed E-state index contributed by atoms with van der Waals surface area (Å²) in [6, 6.07) is 6.26. The molecule has 104 valence electrons. The molecule has 19 heavy (non-hydrogen) atoms. The summed E-state index contributed by atoms with van der Waals surface area (Å²) < 4.78 is 19.0. The standard InChI is InChI=1S/C14H19FN2O2/c1-10-13(14(16)18)17(8-9-19-10)7-6-11-4-2-3-5-12(11)15/h2-5,10,13H,6-9H2,1H3,(H2,16,18)/t10-,13+/m1/s1. The molecule has 0 saturated carbocycles. The van der Waals surface area contributed by atoms with E-state index in [1.54, 1.807) is 12.1 Å². The predicted molar refractivity (Wildman–Crippen MR) is 70.1 cm³/mol. The Bertz CT molecular complexity index is 453. The summed E-state index contributed by atoms with van der Waals surface area (Å²) in [5.74, 6) is -0.597. The van der Waals surface area contributed by atoms with Gasteiger partial charge in [0.15, 0.2) is 0 Å². The van der Waals surface area contributed by atoms with Crippen LogP contribution in [-0.2, 0) is 16.0 Å². The van der Waals surface area contributed by atoms with Crippen molar-refractivity contribution >= 4 is 5.91 Å². The maximum atomic E-state index is 13.5. The molecule has 1 heterocycles. The van der Waals surface area contributed by atoms with Crippen LogP contribution in [0.15, 0.2) is 24.3 Å². The number of hydrogen-bond donors (Lipinski definition) is 1. The van der Waals surface area contributed by atoms with Crippen LogP contribution in [0.1, 0.15) is 12.5 Å². The van der Waals surface area contributed by atoms with Crippen molar-refractivity contribution in [3.8, 4) is 0 Å². The van der Waals surface area contributed by atoms with E-state index in [0.717, 1.165) is 0 Å². The van der Waals surface area contributed by atoms with Crippen molar-refractivity contribution < 1.29 is 13.9 Å². The smallest absolute Gasteiger partial charge is 0.237 e. The Morgan fingerprint density at radius 1 is 1.53 bits per heavy atom. The lowest BCUT2D eigenvalue weighted by Gasteiger charge is -2.37. The predicted octanol–water partition coefficient (Wildman–Crippen LogP) is 0.943. The SMILES string of the molecule is C[C@H]1OCCN(CCc2ccccc2F)[C@@H]1C(N)=O. The lowest BCUT2D eigenvalue weighted by molar-refractivity contribution is -0.135. The lowest BCUT2D eigenvalue weighted by Crippen LogP contribution is -2.56. The summed E-state index contributed by atoms with van der Waals surface area (Å²) in [4.78, 5) is 13.5. The molecule has 0 aliphatic carbocycles. The number of nitrogens with zero attached hydrogens (tertiary/aromatic N) is 1. The molecule has 1 aliphatic rings. The average molecular weight is 266 g/mol. The molecule has 0 unspecified atom stereocenters. The number of morpholine rings is 1. The number of amides is 1. The van der Waals surface area contributed by atoms with Crippen LogP contribution < -0.4 is 5.73 Å². The molecule has 2 N–H and O–H groups in total. The van der Waals surface area contributed by atoms with Gasteiger partial charge in [-0.15, -0.1) is 0 Å². The molecule has 0 spiro atoms. The molecule has 0 aromatic heterocycles. The highest BCUT2D eigenvalue weighted by atomic mass is 19.1. The van der Waals surface area contributed by atoms with Crippen LogP contribution in [0.25, 0.3) is 0 Å².